The second-order valence-corrected chi connectivity index (χ2v) is 5.19. The predicted octanol–water partition coefficient (Wildman–Crippen LogP) is 4.19. The van der Waals surface area contributed by atoms with Crippen molar-refractivity contribution in [2.24, 2.45) is 0 Å². The molecule has 108 valence electrons. The van der Waals surface area contributed by atoms with Crippen LogP contribution < -0.4 is 5.32 Å². The summed E-state index contributed by atoms with van der Waals surface area (Å²) in [5.74, 6) is 2.01. The van der Waals surface area contributed by atoms with E-state index in [1.165, 1.54) is 12.1 Å². The molecule has 2 aromatic heterocycles. The summed E-state index contributed by atoms with van der Waals surface area (Å²) in [6.07, 6.45) is 0. The molecule has 0 amide bonds. The highest BCUT2D eigenvalue weighted by molar-refractivity contribution is 5.82. The molecule has 0 spiro atoms. The Morgan fingerprint density at radius 1 is 1.14 bits per heavy atom. The summed E-state index contributed by atoms with van der Waals surface area (Å²) in [6, 6.07) is 8.07. The molecule has 1 aromatic carbocycles. The monoisotopic (exact) mass is 285 g/mol. The highest BCUT2D eigenvalue weighted by Crippen LogP contribution is 2.29. The van der Waals surface area contributed by atoms with Crippen molar-refractivity contribution in [1.82, 2.24) is 9.97 Å². The molecule has 0 atom stereocenters. The molecule has 4 nitrogen and oxygen atoms in total. The summed E-state index contributed by atoms with van der Waals surface area (Å²) in [7, 11) is 1.81. The van der Waals surface area contributed by atoms with Crippen LogP contribution in [-0.4, -0.2) is 17.0 Å². The third-order valence-corrected chi connectivity index (χ3v) is 3.25. The van der Waals surface area contributed by atoms with E-state index in [1.54, 1.807) is 12.1 Å². The summed E-state index contributed by atoms with van der Waals surface area (Å²) in [4.78, 5) is 8.95. The van der Waals surface area contributed by atoms with Crippen LogP contribution >= 0.6 is 0 Å². The van der Waals surface area contributed by atoms with Crippen molar-refractivity contribution in [3.8, 4) is 11.5 Å². The van der Waals surface area contributed by atoms with Crippen LogP contribution in [0.2, 0.25) is 0 Å². The average Bonchev–Trinajstić information content (AvgIpc) is 2.89. The van der Waals surface area contributed by atoms with Gasteiger partial charge in [0.15, 0.2) is 5.76 Å². The molecule has 5 heteroatoms. The fraction of sp³-hybridized carbons (Fsp3) is 0.250. The van der Waals surface area contributed by atoms with Gasteiger partial charge in [-0.05, 0) is 24.3 Å². The van der Waals surface area contributed by atoms with Gasteiger partial charge in [-0.1, -0.05) is 13.8 Å². The molecule has 3 aromatic rings. The fourth-order valence-corrected chi connectivity index (χ4v) is 2.12. The number of fused-ring (bicyclic) bond motifs is 1. The van der Waals surface area contributed by atoms with E-state index in [9.17, 15) is 4.39 Å². The summed E-state index contributed by atoms with van der Waals surface area (Å²) >= 11 is 0. The van der Waals surface area contributed by atoms with Crippen LogP contribution in [0.25, 0.3) is 22.4 Å². The van der Waals surface area contributed by atoms with Crippen molar-refractivity contribution in [1.29, 1.82) is 0 Å². The van der Waals surface area contributed by atoms with Gasteiger partial charge in [0.05, 0.1) is 0 Å². The van der Waals surface area contributed by atoms with Gasteiger partial charge in [-0.2, -0.15) is 0 Å². The third-order valence-electron chi connectivity index (χ3n) is 3.25. The molecule has 3 rings (SSSR count). The van der Waals surface area contributed by atoms with E-state index in [0.29, 0.717) is 17.0 Å². The van der Waals surface area contributed by atoms with Crippen LogP contribution in [0, 0.1) is 5.82 Å². The Balaban J connectivity index is 2.14. The van der Waals surface area contributed by atoms with Crippen LogP contribution in [0.3, 0.4) is 0 Å². The molecule has 0 saturated carbocycles. The van der Waals surface area contributed by atoms with Gasteiger partial charge < -0.3 is 9.73 Å². The lowest BCUT2D eigenvalue weighted by Crippen LogP contribution is -2.02. The molecular formula is C16H16FN3O. The quantitative estimate of drug-likeness (QED) is 0.783. The Labute approximate surface area is 122 Å². The number of rotatable bonds is 3. The third kappa shape index (κ3) is 2.59. The molecule has 21 heavy (non-hydrogen) atoms. The zero-order valence-electron chi connectivity index (χ0n) is 12.1. The molecule has 0 unspecified atom stereocenters. The van der Waals surface area contributed by atoms with E-state index in [1.807, 2.05) is 27.0 Å². The maximum atomic E-state index is 13.3. The van der Waals surface area contributed by atoms with Crippen LogP contribution in [0.4, 0.5) is 10.2 Å². The molecule has 0 saturated heterocycles. The minimum Gasteiger partial charge on any atom is -0.454 e. The van der Waals surface area contributed by atoms with Crippen molar-refractivity contribution in [2.45, 2.75) is 19.8 Å². The number of anilines is 1. The number of benzene rings is 1. The predicted molar refractivity (Wildman–Crippen MR) is 80.8 cm³/mol. The van der Waals surface area contributed by atoms with Crippen LogP contribution in [0.15, 0.2) is 34.7 Å². The normalized spacial score (nSPS) is 11.3. The number of hydrogen-bond donors (Lipinski definition) is 1. The van der Waals surface area contributed by atoms with Crippen molar-refractivity contribution < 1.29 is 8.81 Å². The van der Waals surface area contributed by atoms with E-state index < -0.39 is 0 Å². The molecular weight excluding hydrogens is 269 g/mol. The lowest BCUT2D eigenvalue weighted by atomic mass is 10.2. The van der Waals surface area contributed by atoms with Crippen molar-refractivity contribution in [3.05, 3.63) is 42.0 Å². The van der Waals surface area contributed by atoms with Gasteiger partial charge in [0.1, 0.15) is 28.7 Å². The SMILES string of the molecule is CNc1cc(-c2cc3cc(F)ccc3o2)nc(C(C)C)n1. The zero-order valence-corrected chi connectivity index (χ0v) is 12.1. The Morgan fingerprint density at radius 2 is 1.95 bits per heavy atom. The summed E-state index contributed by atoms with van der Waals surface area (Å²) in [6.45, 7) is 4.07. The molecule has 0 bridgehead atoms. The van der Waals surface area contributed by atoms with E-state index in [2.05, 4.69) is 15.3 Å². The summed E-state index contributed by atoms with van der Waals surface area (Å²) < 4.78 is 19.0. The second-order valence-electron chi connectivity index (χ2n) is 5.19. The molecule has 0 fully saturated rings. The number of hydrogen-bond acceptors (Lipinski definition) is 4. The Hall–Kier alpha value is -2.43. The van der Waals surface area contributed by atoms with Gasteiger partial charge in [0.25, 0.3) is 0 Å². The first kappa shape index (κ1) is 13.5. The number of furan rings is 1. The summed E-state index contributed by atoms with van der Waals surface area (Å²) in [5.41, 5.74) is 1.33. The molecule has 2 heterocycles. The minimum atomic E-state index is -0.281. The lowest BCUT2D eigenvalue weighted by Gasteiger charge is -2.08. The second kappa shape index (κ2) is 5.16. The molecule has 1 N–H and O–H groups in total. The topological polar surface area (TPSA) is 51.0 Å². The van der Waals surface area contributed by atoms with E-state index in [-0.39, 0.29) is 11.7 Å². The van der Waals surface area contributed by atoms with Gasteiger partial charge in [-0.3, -0.25) is 0 Å². The van der Waals surface area contributed by atoms with Gasteiger partial charge in [0.2, 0.25) is 0 Å². The minimum absolute atomic E-state index is 0.207. The first-order chi connectivity index (χ1) is 10.1. The van der Waals surface area contributed by atoms with Crippen molar-refractivity contribution in [3.63, 3.8) is 0 Å². The maximum Gasteiger partial charge on any atom is 0.154 e. The Bertz CT molecular complexity index is 795. The largest absolute Gasteiger partial charge is 0.454 e. The highest BCUT2D eigenvalue weighted by atomic mass is 19.1. The van der Waals surface area contributed by atoms with Crippen LogP contribution in [0.1, 0.15) is 25.6 Å². The lowest BCUT2D eigenvalue weighted by molar-refractivity contribution is 0.616. The molecule has 0 aliphatic carbocycles. The Morgan fingerprint density at radius 3 is 2.67 bits per heavy atom. The van der Waals surface area contributed by atoms with Crippen molar-refractivity contribution >= 4 is 16.8 Å². The fourth-order valence-electron chi connectivity index (χ4n) is 2.12. The van der Waals surface area contributed by atoms with Gasteiger partial charge in [-0.15, -0.1) is 0 Å². The van der Waals surface area contributed by atoms with E-state index in [0.717, 1.165) is 17.0 Å². The smallest absolute Gasteiger partial charge is 0.154 e. The molecule has 0 aliphatic rings. The average molecular weight is 285 g/mol. The standard InChI is InChI=1S/C16H16FN3O/c1-9(2)16-19-12(8-15(18-3)20-16)14-7-10-6-11(17)4-5-13(10)21-14/h4-9H,1-3H3,(H,18,19,20). The highest BCUT2D eigenvalue weighted by Gasteiger charge is 2.13. The molecule has 0 aliphatic heterocycles. The maximum absolute atomic E-state index is 13.3. The van der Waals surface area contributed by atoms with Crippen LogP contribution in [0.5, 0.6) is 0 Å². The first-order valence-corrected chi connectivity index (χ1v) is 6.83. The van der Waals surface area contributed by atoms with Gasteiger partial charge in [0, 0.05) is 24.4 Å². The van der Waals surface area contributed by atoms with Crippen molar-refractivity contribution in [2.75, 3.05) is 12.4 Å². The van der Waals surface area contributed by atoms with Gasteiger partial charge in [-0.25, -0.2) is 14.4 Å². The molecule has 0 radical (unpaired) electrons. The van der Waals surface area contributed by atoms with Gasteiger partial charge >= 0.3 is 0 Å². The van der Waals surface area contributed by atoms with E-state index in [4.69, 9.17) is 4.42 Å². The number of nitrogens with zero attached hydrogens (tertiary/aromatic N) is 2. The number of halogens is 1. The summed E-state index contributed by atoms with van der Waals surface area (Å²) in [5, 5.41) is 3.75. The van der Waals surface area contributed by atoms with Crippen LogP contribution in [-0.2, 0) is 0 Å². The van der Waals surface area contributed by atoms with E-state index >= 15 is 0 Å². The first-order valence-electron chi connectivity index (χ1n) is 6.83. The Kier molecular flexibility index (Phi) is 3.33. The zero-order chi connectivity index (χ0) is 15.0. The number of nitrogens with one attached hydrogen (secondary N) is 1. The number of aromatic nitrogens is 2.